The Bertz CT molecular complexity index is 957. The molecule has 1 unspecified atom stereocenters. The number of furan rings is 1. The van der Waals surface area contributed by atoms with Crippen LogP contribution in [0.1, 0.15) is 22.8 Å². The highest BCUT2D eigenvalue weighted by molar-refractivity contribution is 7.15. The summed E-state index contributed by atoms with van der Waals surface area (Å²) in [7, 11) is 0. The molecule has 2 aliphatic rings. The smallest absolute Gasteiger partial charge is 0.223 e. The molecule has 1 saturated heterocycles. The third-order valence-corrected chi connectivity index (χ3v) is 6.71. The molecule has 1 fully saturated rings. The van der Waals surface area contributed by atoms with Gasteiger partial charge < -0.3 is 19.4 Å². The Balaban J connectivity index is 1.21. The molecule has 1 atom stereocenters. The molecule has 0 radical (unpaired) electrons. The van der Waals surface area contributed by atoms with E-state index in [0.717, 1.165) is 73.1 Å². The van der Waals surface area contributed by atoms with Gasteiger partial charge in [-0.15, -0.1) is 11.3 Å². The molecule has 3 heterocycles. The lowest BCUT2D eigenvalue weighted by atomic mass is 9.90. The molecule has 3 aromatic rings. The number of thiazole rings is 1. The van der Waals surface area contributed by atoms with Crippen molar-refractivity contribution in [3.8, 4) is 0 Å². The molecule has 7 heteroatoms. The van der Waals surface area contributed by atoms with Gasteiger partial charge in [0.2, 0.25) is 5.91 Å². The van der Waals surface area contributed by atoms with Crippen LogP contribution in [0.2, 0.25) is 0 Å². The molecule has 0 spiro atoms. The number of anilines is 1. The van der Waals surface area contributed by atoms with Crippen LogP contribution < -0.4 is 10.2 Å². The van der Waals surface area contributed by atoms with Crippen LogP contribution in [0.15, 0.2) is 34.7 Å². The van der Waals surface area contributed by atoms with Gasteiger partial charge in [-0.2, -0.15) is 0 Å². The first-order chi connectivity index (χ1) is 13.8. The van der Waals surface area contributed by atoms with E-state index < -0.39 is 0 Å². The van der Waals surface area contributed by atoms with Crippen molar-refractivity contribution in [3.05, 3.63) is 46.7 Å². The Morgan fingerprint density at radius 2 is 2.14 bits per heavy atom. The lowest BCUT2D eigenvalue weighted by Crippen LogP contribution is -2.36. The second-order valence-corrected chi connectivity index (χ2v) is 8.44. The van der Waals surface area contributed by atoms with Crippen molar-refractivity contribution < 1.29 is 13.9 Å². The van der Waals surface area contributed by atoms with Gasteiger partial charge >= 0.3 is 0 Å². The van der Waals surface area contributed by atoms with E-state index in [1.165, 1.54) is 4.88 Å². The van der Waals surface area contributed by atoms with E-state index in [-0.39, 0.29) is 11.8 Å². The molecule has 1 aliphatic carbocycles. The zero-order valence-electron chi connectivity index (χ0n) is 15.6. The number of para-hydroxylation sites is 1. The maximum atomic E-state index is 12.7. The largest absolute Gasteiger partial charge is 0.459 e. The molecule has 2 aromatic heterocycles. The lowest BCUT2D eigenvalue weighted by molar-refractivity contribution is -0.125. The Morgan fingerprint density at radius 3 is 3.00 bits per heavy atom. The number of nitrogens with zero attached hydrogens (tertiary/aromatic N) is 2. The fourth-order valence-electron chi connectivity index (χ4n) is 3.92. The van der Waals surface area contributed by atoms with E-state index in [1.54, 1.807) is 11.3 Å². The van der Waals surface area contributed by atoms with Crippen molar-refractivity contribution in [2.45, 2.75) is 25.8 Å². The van der Waals surface area contributed by atoms with Crippen molar-refractivity contribution in [1.29, 1.82) is 0 Å². The molecule has 0 saturated carbocycles. The summed E-state index contributed by atoms with van der Waals surface area (Å²) < 4.78 is 11.2. The number of aryl methyl sites for hydroxylation is 1. The highest BCUT2D eigenvalue weighted by Crippen LogP contribution is 2.34. The minimum atomic E-state index is -0.0171. The van der Waals surface area contributed by atoms with Crippen molar-refractivity contribution in [1.82, 2.24) is 10.3 Å². The number of hydrogen-bond donors (Lipinski definition) is 1. The molecule has 1 aromatic carbocycles. The molecule has 1 N–H and O–H groups in total. The molecule has 5 rings (SSSR count). The molecule has 28 heavy (non-hydrogen) atoms. The zero-order chi connectivity index (χ0) is 18.9. The summed E-state index contributed by atoms with van der Waals surface area (Å²) >= 11 is 1.78. The van der Waals surface area contributed by atoms with Crippen LogP contribution in [0.5, 0.6) is 0 Å². The van der Waals surface area contributed by atoms with Gasteiger partial charge in [0.15, 0.2) is 5.13 Å². The van der Waals surface area contributed by atoms with E-state index in [0.29, 0.717) is 6.54 Å². The van der Waals surface area contributed by atoms with Crippen molar-refractivity contribution in [2.75, 3.05) is 31.2 Å². The average molecular weight is 398 g/mol. The summed E-state index contributed by atoms with van der Waals surface area (Å²) in [6.07, 6.45) is 2.53. The highest BCUT2D eigenvalue weighted by atomic mass is 32.1. The standard InChI is InChI=1S/C21H23N3O3S/c25-20(22-13-16-11-14-3-1-2-4-18(14)27-16)15-5-6-19-17(12-15)23-21(28-19)24-7-9-26-10-8-24/h1-4,11,15H,5-10,12-13H2,(H,22,25). The Hall–Kier alpha value is -2.38. The van der Waals surface area contributed by atoms with Gasteiger partial charge in [-0.05, 0) is 25.0 Å². The van der Waals surface area contributed by atoms with Crippen LogP contribution in [0, 0.1) is 5.92 Å². The fourth-order valence-corrected chi connectivity index (χ4v) is 5.08. The van der Waals surface area contributed by atoms with Gasteiger partial charge in [0, 0.05) is 35.7 Å². The number of hydrogen-bond acceptors (Lipinski definition) is 6. The summed E-state index contributed by atoms with van der Waals surface area (Å²) in [4.78, 5) is 21.2. The fraction of sp³-hybridized carbons (Fsp3) is 0.429. The highest BCUT2D eigenvalue weighted by Gasteiger charge is 2.29. The van der Waals surface area contributed by atoms with Crippen LogP contribution in [0.25, 0.3) is 11.0 Å². The number of nitrogens with one attached hydrogen (secondary N) is 1. The average Bonchev–Trinajstić information content (AvgIpc) is 3.35. The molecule has 1 aliphatic heterocycles. The summed E-state index contributed by atoms with van der Waals surface area (Å²) in [5.74, 6) is 0.859. The van der Waals surface area contributed by atoms with Crippen LogP contribution in [0.4, 0.5) is 5.13 Å². The topological polar surface area (TPSA) is 67.6 Å². The number of aromatic nitrogens is 1. The van der Waals surface area contributed by atoms with Crippen molar-refractivity contribution >= 4 is 33.3 Å². The summed E-state index contributed by atoms with van der Waals surface area (Å²) in [6.45, 7) is 3.74. The SMILES string of the molecule is O=C(NCc1cc2ccccc2o1)C1CCc2sc(N3CCOCC3)nc2C1. The molecule has 0 bridgehead atoms. The predicted octanol–water partition coefficient (Wildman–Crippen LogP) is 3.15. The Morgan fingerprint density at radius 1 is 1.29 bits per heavy atom. The monoisotopic (exact) mass is 397 g/mol. The van der Waals surface area contributed by atoms with Crippen LogP contribution in [-0.2, 0) is 28.9 Å². The number of fused-ring (bicyclic) bond motifs is 2. The third kappa shape index (κ3) is 3.52. The normalized spacial score (nSPS) is 19.6. The zero-order valence-corrected chi connectivity index (χ0v) is 16.5. The van der Waals surface area contributed by atoms with Crippen LogP contribution in [0.3, 0.4) is 0 Å². The minimum absolute atomic E-state index is 0.0171. The molecule has 146 valence electrons. The first-order valence-corrected chi connectivity index (χ1v) is 10.6. The van der Waals surface area contributed by atoms with Gasteiger partial charge in [-0.25, -0.2) is 4.98 Å². The maximum absolute atomic E-state index is 12.7. The van der Waals surface area contributed by atoms with Gasteiger partial charge in [0.1, 0.15) is 11.3 Å². The van der Waals surface area contributed by atoms with E-state index in [1.807, 2.05) is 30.3 Å². The number of ether oxygens (including phenoxy) is 1. The number of amides is 1. The van der Waals surface area contributed by atoms with Crippen LogP contribution in [-0.4, -0.2) is 37.2 Å². The quantitative estimate of drug-likeness (QED) is 0.733. The predicted molar refractivity (Wildman–Crippen MR) is 109 cm³/mol. The number of rotatable bonds is 4. The first kappa shape index (κ1) is 17.7. The van der Waals surface area contributed by atoms with Crippen LogP contribution >= 0.6 is 11.3 Å². The number of carbonyl (C=O) groups is 1. The molecular weight excluding hydrogens is 374 g/mol. The van der Waals surface area contributed by atoms with Gasteiger partial charge in [0.25, 0.3) is 0 Å². The van der Waals surface area contributed by atoms with Gasteiger partial charge in [0.05, 0.1) is 25.5 Å². The molecule has 6 nitrogen and oxygen atoms in total. The second kappa shape index (κ2) is 7.56. The van der Waals surface area contributed by atoms with E-state index in [2.05, 4.69) is 10.2 Å². The Labute approximate surface area is 167 Å². The summed E-state index contributed by atoms with van der Waals surface area (Å²) in [6, 6.07) is 9.88. The summed E-state index contributed by atoms with van der Waals surface area (Å²) in [5.41, 5.74) is 1.95. The second-order valence-electron chi connectivity index (χ2n) is 7.37. The van der Waals surface area contributed by atoms with Crippen molar-refractivity contribution in [2.24, 2.45) is 5.92 Å². The Kier molecular flexibility index (Phi) is 4.78. The number of morpholine rings is 1. The first-order valence-electron chi connectivity index (χ1n) is 9.83. The molecular formula is C21H23N3O3S. The molecule has 1 amide bonds. The number of carbonyl (C=O) groups excluding carboxylic acids is 1. The minimum Gasteiger partial charge on any atom is -0.459 e. The van der Waals surface area contributed by atoms with Crippen molar-refractivity contribution in [3.63, 3.8) is 0 Å². The van der Waals surface area contributed by atoms with E-state index in [4.69, 9.17) is 14.1 Å². The summed E-state index contributed by atoms with van der Waals surface area (Å²) in [5, 5.41) is 5.19. The van der Waals surface area contributed by atoms with Gasteiger partial charge in [-0.3, -0.25) is 4.79 Å². The van der Waals surface area contributed by atoms with E-state index >= 15 is 0 Å². The maximum Gasteiger partial charge on any atom is 0.223 e. The van der Waals surface area contributed by atoms with Gasteiger partial charge in [-0.1, -0.05) is 18.2 Å². The van der Waals surface area contributed by atoms with E-state index in [9.17, 15) is 4.79 Å². The third-order valence-electron chi connectivity index (χ3n) is 5.49. The number of benzene rings is 1. The lowest BCUT2D eigenvalue weighted by Gasteiger charge is -2.26.